The van der Waals surface area contributed by atoms with Gasteiger partial charge >= 0.3 is 0 Å². The highest BCUT2D eigenvalue weighted by molar-refractivity contribution is 6.12. The number of allylic oxidation sites excluding steroid dienone is 4. The summed E-state index contributed by atoms with van der Waals surface area (Å²) in [4.78, 5) is 14.0. The van der Waals surface area contributed by atoms with Crippen LogP contribution in [0.4, 0.5) is 0 Å². The first-order valence-corrected chi connectivity index (χ1v) is 14.9. The summed E-state index contributed by atoms with van der Waals surface area (Å²) in [6.45, 7) is 8.88. The highest BCUT2D eigenvalue weighted by Crippen LogP contribution is 2.39. The van der Waals surface area contributed by atoms with Crippen molar-refractivity contribution in [1.82, 2.24) is 0 Å². The predicted octanol–water partition coefficient (Wildman–Crippen LogP) is 9.62. The van der Waals surface area contributed by atoms with Crippen LogP contribution in [0, 0.1) is 0 Å². The van der Waals surface area contributed by atoms with Gasteiger partial charge in [-0.05, 0) is 60.2 Å². The van der Waals surface area contributed by atoms with E-state index in [1.807, 2.05) is 60.7 Å². The molecule has 0 amide bonds. The van der Waals surface area contributed by atoms with E-state index < -0.39 is 0 Å². The standard InChI is InChI=1S/C39H39N3/c1-4-39(5-2,36-27-23-32(24-28-36)31-15-9-6-10-16-31)35-25-21-30(22-26-35)29-41-38(34-19-13-8-14-20-34)42-37(40-3)33-17-11-7-12-18-33/h6-9,11-15,17-28H,3-5,10,16,29H2,1-2H3. The molecule has 4 aromatic carbocycles. The highest BCUT2D eigenvalue weighted by atomic mass is 15.0. The van der Waals surface area contributed by atoms with Crippen LogP contribution in [0.3, 0.4) is 0 Å². The number of nitrogens with zero attached hydrogens (tertiary/aromatic N) is 3. The minimum Gasteiger partial charge on any atom is -0.261 e. The quantitative estimate of drug-likeness (QED) is 0.147. The van der Waals surface area contributed by atoms with E-state index in [2.05, 4.69) is 92.3 Å². The molecule has 4 aromatic rings. The first kappa shape index (κ1) is 28.9. The molecule has 42 heavy (non-hydrogen) atoms. The molecule has 3 nitrogen and oxygen atoms in total. The third kappa shape index (κ3) is 6.47. The van der Waals surface area contributed by atoms with Gasteiger partial charge in [0.2, 0.25) is 0 Å². The summed E-state index contributed by atoms with van der Waals surface area (Å²) >= 11 is 0. The molecule has 1 aliphatic carbocycles. The summed E-state index contributed by atoms with van der Waals surface area (Å²) < 4.78 is 0. The lowest BCUT2D eigenvalue weighted by atomic mass is 9.70. The zero-order valence-corrected chi connectivity index (χ0v) is 24.7. The SMILES string of the molecule is C=NC(=NC(=NCc1ccc(C(CC)(CC)c2ccc(C3=CC=CCC3)cc2)cc1)c1ccccc1)c1ccccc1. The Morgan fingerprint density at radius 1 is 0.714 bits per heavy atom. The maximum atomic E-state index is 4.95. The molecule has 0 radical (unpaired) electrons. The third-order valence-electron chi connectivity index (χ3n) is 8.37. The minimum atomic E-state index is -0.0269. The molecule has 0 N–H and O–H groups in total. The van der Waals surface area contributed by atoms with E-state index in [1.54, 1.807) is 0 Å². The smallest absolute Gasteiger partial charge is 0.161 e. The van der Waals surface area contributed by atoms with Gasteiger partial charge < -0.3 is 0 Å². The predicted molar refractivity (Wildman–Crippen MR) is 180 cm³/mol. The van der Waals surface area contributed by atoms with E-state index in [0.29, 0.717) is 18.2 Å². The van der Waals surface area contributed by atoms with E-state index in [4.69, 9.17) is 9.98 Å². The zero-order chi connectivity index (χ0) is 29.2. The molecular formula is C39H39N3. The molecule has 0 aromatic heterocycles. The topological polar surface area (TPSA) is 37.1 Å². The van der Waals surface area contributed by atoms with Crippen molar-refractivity contribution < 1.29 is 0 Å². The van der Waals surface area contributed by atoms with Gasteiger partial charge in [0, 0.05) is 16.5 Å². The Hall–Kier alpha value is -4.63. The summed E-state index contributed by atoms with van der Waals surface area (Å²) in [7, 11) is 0. The lowest BCUT2D eigenvalue weighted by molar-refractivity contribution is 0.478. The maximum absolute atomic E-state index is 4.95. The molecule has 0 saturated heterocycles. The lowest BCUT2D eigenvalue weighted by Gasteiger charge is -2.33. The molecule has 0 bridgehead atoms. The van der Waals surface area contributed by atoms with Crippen molar-refractivity contribution in [2.45, 2.75) is 51.5 Å². The third-order valence-corrected chi connectivity index (χ3v) is 8.37. The molecule has 5 rings (SSSR count). The first-order valence-electron chi connectivity index (χ1n) is 14.9. The molecule has 0 heterocycles. The van der Waals surface area contributed by atoms with E-state index in [-0.39, 0.29) is 5.41 Å². The number of benzene rings is 4. The molecule has 210 valence electrons. The second-order valence-electron chi connectivity index (χ2n) is 10.7. The van der Waals surface area contributed by atoms with Gasteiger partial charge in [0.15, 0.2) is 11.7 Å². The highest BCUT2D eigenvalue weighted by Gasteiger charge is 2.30. The summed E-state index contributed by atoms with van der Waals surface area (Å²) in [6.07, 6.45) is 11.0. The van der Waals surface area contributed by atoms with Crippen LogP contribution in [0.1, 0.15) is 72.9 Å². The van der Waals surface area contributed by atoms with Gasteiger partial charge in [-0.25, -0.2) is 9.98 Å². The van der Waals surface area contributed by atoms with Gasteiger partial charge in [-0.2, -0.15) is 0 Å². The van der Waals surface area contributed by atoms with Crippen LogP contribution in [0.25, 0.3) is 5.57 Å². The van der Waals surface area contributed by atoms with Crippen molar-refractivity contribution in [3.05, 3.63) is 161 Å². The Labute approximate surface area is 250 Å². The minimum absolute atomic E-state index is 0.0269. The average molecular weight is 550 g/mol. The van der Waals surface area contributed by atoms with E-state index >= 15 is 0 Å². The van der Waals surface area contributed by atoms with Gasteiger partial charge in [0.25, 0.3) is 0 Å². The zero-order valence-electron chi connectivity index (χ0n) is 24.7. The normalized spacial score (nSPS) is 14.0. The van der Waals surface area contributed by atoms with Gasteiger partial charge in [-0.15, -0.1) is 0 Å². The molecule has 1 aliphatic rings. The Bertz CT molecular complexity index is 1590. The Balaban J connectivity index is 1.41. The van der Waals surface area contributed by atoms with Gasteiger partial charge in [-0.1, -0.05) is 141 Å². The second-order valence-corrected chi connectivity index (χ2v) is 10.7. The van der Waals surface area contributed by atoms with Crippen LogP contribution in [-0.4, -0.2) is 18.4 Å². The van der Waals surface area contributed by atoms with Crippen molar-refractivity contribution in [3.8, 4) is 0 Å². The summed E-state index contributed by atoms with van der Waals surface area (Å²) in [5.41, 5.74) is 8.45. The Kier molecular flexibility index (Phi) is 9.51. The number of hydrogen-bond donors (Lipinski definition) is 0. The van der Waals surface area contributed by atoms with Crippen molar-refractivity contribution in [2.75, 3.05) is 0 Å². The summed E-state index contributed by atoms with van der Waals surface area (Å²) in [5.74, 6) is 1.21. The van der Waals surface area contributed by atoms with Crippen LogP contribution < -0.4 is 0 Å². The number of amidine groups is 2. The van der Waals surface area contributed by atoms with Crippen molar-refractivity contribution in [1.29, 1.82) is 0 Å². The van der Waals surface area contributed by atoms with Crippen LogP contribution in [-0.2, 0) is 12.0 Å². The summed E-state index contributed by atoms with van der Waals surface area (Å²) in [6, 6.07) is 38.2. The number of hydrogen-bond acceptors (Lipinski definition) is 1. The molecule has 0 unspecified atom stereocenters. The van der Waals surface area contributed by atoms with Gasteiger partial charge in [0.1, 0.15) is 0 Å². The van der Waals surface area contributed by atoms with Crippen LogP contribution in [0.5, 0.6) is 0 Å². The van der Waals surface area contributed by atoms with E-state index in [0.717, 1.165) is 42.4 Å². The van der Waals surface area contributed by atoms with Gasteiger partial charge in [0.05, 0.1) is 6.54 Å². The molecule has 3 heteroatoms. The van der Waals surface area contributed by atoms with E-state index in [9.17, 15) is 0 Å². The van der Waals surface area contributed by atoms with E-state index in [1.165, 1.54) is 22.3 Å². The molecule has 0 aliphatic heterocycles. The fraction of sp³-hybridized carbons (Fsp3) is 0.205. The monoisotopic (exact) mass is 549 g/mol. The molecule has 0 spiro atoms. The number of aliphatic imine (C=N–C) groups is 3. The van der Waals surface area contributed by atoms with Crippen LogP contribution >= 0.6 is 0 Å². The lowest BCUT2D eigenvalue weighted by Crippen LogP contribution is -2.26. The second kappa shape index (κ2) is 13.8. The van der Waals surface area contributed by atoms with Crippen molar-refractivity contribution in [2.24, 2.45) is 15.0 Å². The Morgan fingerprint density at radius 3 is 1.81 bits per heavy atom. The maximum Gasteiger partial charge on any atom is 0.161 e. The molecule has 0 saturated carbocycles. The fourth-order valence-corrected chi connectivity index (χ4v) is 5.83. The molecular weight excluding hydrogens is 510 g/mol. The van der Waals surface area contributed by atoms with Crippen LogP contribution in [0.15, 0.2) is 142 Å². The first-order chi connectivity index (χ1) is 20.7. The van der Waals surface area contributed by atoms with Gasteiger partial charge in [-0.3, -0.25) is 4.99 Å². The molecule has 0 atom stereocenters. The fourth-order valence-electron chi connectivity index (χ4n) is 5.83. The largest absolute Gasteiger partial charge is 0.261 e. The molecule has 0 fully saturated rings. The van der Waals surface area contributed by atoms with Crippen LogP contribution in [0.2, 0.25) is 0 Å². The van der Waals surface area contributed by atoms with Crippen molar-refractivity contribution >= 4 is 24.0 Å². The average Bonchev–Trinajstić information content (AvgIpc) is 3.08. The van der Waals surface area contributed by atoms with Crippen molar-refractivity contribution in [3.63, 3.8) is 0 Å². The summed E-state index contributed by atoms with van der Waals surface area (Å²) in [5, 5.41) is 0. The Morgan fingerprint density at radius 2 is 1.29 bits per heavy atom. The number of rotatable bonds is 9.